The third-order valence-corrected chi connectivity index (χ3v) is 2.47. The molecule has 0 heterocycles. The van der Waals surface area contributed by atoms with Crippen molar-refractivity contribution in [3.63, 3.8) is 0 Å². The van der Waals surface area contributed by atoms with Crippen LogP contribution in [0.5, 0.6) is 0 Å². The number of nitro groups is 1. The van der Waals surface area contributed by atoms with Crippen LogP contribution >= 0.6 is 0 Å². The van der Waals surface area contributed by atoms with Crippen LogP contribution in [0.4, 0.5) is 11.4 Å². The van der Waals surface area contributed by atoms with Crippen molar-refractivity contribution in [2.75, 3.05) is 31.2 Å². The van der Waals surface area contributed by atoms with E-state index in [0.29, 0.717) is 13.1 Å². The number of nitro benzene ring substituents is 1. The Balaban J connectivity index is 2.99. The minimum atomic E-state index is -0.445. The number of benzene rings is 1. The van der Waals surface area contributed by atoms with Gasteiger partial charge in [-0.2, -0.15) is 0 Å². The lowest BCUT2D eigenvalue weighted by molar-refractivity contribution is -0.384. The Labute approximate surface area is 99.3 Å². The van der Waals surface area contributed by atoms with Crippen LogP contribution in [-0.2, 0) is 0 Å². The second-order valence-corrected chi connectivity index (χ2v) is 3.66. The van der Waals surface area contributed by atoms with Crippen molar-refractivity contribution < 1.29 is 15.1 Å². The maximum absolute atomic E-state index is 10.6. The summed E-state index contributed by atoms with van der Waals surface area (Å²) in [5, 5.41) is 28.5. The number of non-ortho nitro benzene ring substituents is 1. The van der Waals surface area contributed by atoms with Crippen LogP contribution in [0.3, 0.4) is 0 Å². The zero-order valence-corrected chi connectivity index (χ0v) is 9.67. The molecule has 0 atom stereocenters. The SMILES string of the molecule is Cc1cc([N+](=O)[O-])ccc1N(CCO)CCO. The van der Waals surface area contributed by atoms with Crippen LogP contribution < -0.4 is 4.90 Å². The summed E-state index contributed by atoms with van der Waals surface area (Å²) >= 11 is 0. The molecule has 0 aliphatic carbocycles. The lowest BCUT2D eigenvalue weighted by Crippen LogP contribution is -2.30. The number of aliphatic hydroxyl groups excluding tert-OH is 2. The molecule has 0 bridgehead atoms. The van der Waals surface area contributed by atoms with Crippen LogP contribution in [0.2, 0.25) is 0 Å². The van der Waals surface area contributed by atoms with E-state index in [0.717, 1.165) is 11.3 Å². The van der Waals surface area contributed by atoms with Gasteiger partial charge in [0.15, 0.2) is 0 Å². The molecule has 0 aromatic heterocycles. The third kappa shape index (κ3) is 3.40. The monoisotopic (exact) mass is 240 g/mol. The molecule has 6 heteroatoms. The first-order valence-electron chi connectivity index (χ1n) is 5.32. The Morgan fingerprint density at radius 2 is 1.88 bits per heavy atom. The Morgan fingerprint density at radius 1 is 1.29 bits per heavy atom. The van der Waals surface area contributed by atoms with Gasteiger partial charge in [0.2, 0.25) is 0 Å². The molecule has 0 saturated heterocycles. The Kier molecular flexibility index (Phi) is 4.86. The van der Waals surface area contributed by atoms with E-state index in [2.05, 4.69) is 0 Å². The average Bonchev–Trinajstić information content (AvgIpc) is 2.28. The summed E-state index contributed by atoms with van der Waals surface area (Å²) in [6, 6.07) is 4.54. The van der Waals surface area contributed by atoms with Gasteiger partial charge in [0.05, 0.1) is 18.1 Å². The summed E-state index contributed by atoms with van der Waals surface area (Å²) in [5.74, 6) is 0. The fourth-order valence-electron chi connectivity index (χ4n) is 1.70. The van der Waals surface area contributed by atoms with Gasteiger partial charge in [-0.25, -0.2) is 0 Å². The normalized spacial score (nSPS) is 10.3. The first kappa shape index (κ1) is 13.4. The van der Waals surface area contributed by atoms with E-state index in [9.17, 15) is 10.1 Å². The lowest BCUT2D eigenvalue weighted by atomic mass is 10.1. The number of anilines is 1. The summed E-state index contributed by atoms with van der Waals surface area (Å²) in [6.45, 7) is 2.48. The van der Waals surface area contributed by atoms with Crippen molar-refractivity contribution in [2.24, 2.45) is 0 Å². The van der Waals surface area contributed by atoms with Crippen molar-refractivity contribution in [3.8, 4) is 0 Å². The molecule has 1 aromatic rings. The smallest absolute Gasteiger partial charge is 0.269 e. The second-order valence-electron chi connectivity index (χ2n) is 3.66. The number of hydrogen-bond donors (Lipinski definition) is 2. The van der Waals surface area contributed by atoms with Crippen LogP contribution in [0.25, 0.3) is 0 Å². The van der Waals surface area contributed by atoms with Gasteiger partial charge in [-0.05, 0) is 18.6 Å². The molecule has 0 aliphatic heterocycles. The molecule has 0 unspecified atom stereocenters. The van der Waals surface area contributed by atoms with E-state index >= 15 is 0 Å². The standard InChI is InChI=1S/C11H16N2O4/c1-9-8-10(13(16)17)2-3-11(9)12(4-6-14)5-7-15/h2-3,8,14-15H,4-7H2,1H3. The topological polar surface area (TPSA) is 86.8 Å². The molecule has 2 N–H and O–H groups in total. The van der Waals surface area contributed by atoms with Crippen molar-refractivity contribution in [1.82, 2.24) is 0 Å². The molecule has 94 valence electrons. The summed E-state index contributed by atoms with van der Waals surface area (Å²) in [4.78, 5) is 11.9. The van der Waals surface area contributed by atoms with Gasteiger partial charge in [-0.3, -0.25) is 10.1 Å². The highest BCUT2D eigenvalue weighted by molar-refractivity contribution is 5.57. The molecule has 6 nitrogen and oxygen atoms in total. The fraction of sp³-hybridized carbons (Fsp3) is 0.455. The Morgan fingerprint density at radius 3 is 2.29 bits per heavy atom. The largest absolute Gasteiger partial charge is 0.395 e. The highest BCUT2D eigenvalue weighted by Crippen LogP contribution is 2.24. The van der Waals surface area contributed by atoms with Gasteiger partial charge in [0.25, 0.3) is 5.69 Å². The molecule has 0 amide bonds. The number of nitrogens with zero attached hydrogens (tertiary/aromatic N) is 2. The molecule has 17 heavy (non-hydrogen) atoms. The van der Waals surface area contributed by atoms with Crippen molar-refractivity contribution in [2.45, 2.75) is 6.92 Å². The number of rotatable bonds is 6. The zero-order valence-electron chi connectivity index (χ0n) is 9.67. The molecule has 1 rings (SSSR count). The Hall–Kier alpha value is -1.66. The maximum atomic E-state index is 10.6. The highest BCUT2D eigenvalue weighted by Gasteiger charge is 2.12. The average molecular weight is 240 g/mol. The van der Waals surface area contributed by atoms with Crippen LogP contribution in [0.15, 0.2) is 18.2 Å². The quantitative estimate of drug-likeness (QED) is 0.564. The number of aryl methyl sites for hydroxylation is 1. The van der Waals surface area contributed by atoms with Gasteiger partial charge in [0, 0.05) is 30.9 Å². The first-order valence-corrected chi connectivity index (χ1v) is 5.32. The van der Waals surface area contributed by atoms with E-state index in [1.54, 1.807) is 17.9 Å². The predicted molar refractivity (Wildman–Crippen MR) is 64.2 cm³/mol. The van der Waals surface area contributed by atoms with Crippen LogP contribution in [0.1, 0.15) is 5.56 Å². The minimum Gasteiger partial charge on any atom is -0.395 e. The maximum Gasteiger partial charge on any atom is 0.269 e. The van der Waals surface area contributed by atoms with Crippen LogP contribution in [-0.4, -0.2) is 41.4 Å². The highest BCUT2D eigenvalue weighted by atomic mass is 16.6. The van der Waals surface area contributed by atoms with Gasteiger partial charge >= 0.3 is 0 Å². The molecular formula is C11H16N2O4. The van der Waals surface area contributed by atoms with Crippen molar-refractivity contribution >= 4 is 11.4 Å². The van der Waals surface area contributed by atoms with Gasteiger partial charge < -0.3 is 15.1 Å². The Bertz CT molecular complexity index is 389. The summed E-state index contributed by atoms with van der Waals surface area (Å²) in [7, 11) is 0. The third-order valence-electron chi connectivity index (χ3n) is 2.47. The first-order chi connectivity index (χ1) is 8.10. The predicted octanol–water partition coefficient (Wildman–Crippen LogP) is 0.694. The van der Waals surface area contributed by atoms with E-state index in [-0.39, 0.29) is 18.9 Å². The molecular weight excluding hydrogens is 224 g/mol. The van der Waals surface area contributed by atoms with E-state index in [4.69, 9.17) is 10.2 Å². The minimum absolute atomic E-state index is 0.0313. The van der Waals surface area contributed by atoms with E-state index < -0.39 is 4.92 Å². The zero-order chi connectivity index (χ0) is 12.8. The van der Waals surface area contributed by atoms with Crippen molar-refractivity contribution in [3.05, 3.63) is 33.9 Å². The summed E-state index contributed by atoms with van der Waals surface area (Å²) in [6.07, 6.45) is 0. The summed E-state index contributed by atoms with van der Waals surface area (Å²) < 4.78 is 0. The molecule has 0 fully saturated rings. The van der Waals surface area contributed by atoms with E-state index in [1.807, 2.05) is 0 Å². The van der Waals surface area contributed by atoms with Gasteiger partial charge in [0.1, 0.15) is 0 Å². The summed E-state index contributed by atoms with van der Waals surface area (Å²) in [5.41, 5.74) is 1.58. The number of aliphatic hydroxyl groups is 2. The fourth-order valence-corrected chi connectivity index (χ4v) is 1.70. The molecule has 0 spiro atoms. The lowest BCUT2D eigenvalue weighted by Gasteiger charge is -2.24. The molecule has 1 aromatic carbocycles. The van der Waals surface area contributed by atoms with Crippen molar-refractivity contribution in [1.29, 1.82) is 0 Å². The van der Waals surface area contributed by atoms with Gasteiger partial charge in [-0.15, -0.1) is 0 Å². The number of hydrogen-bond acceptors (Lipinski definition) is 5. The molecule has 0 radical (unpaired) electrons. The van der Waals surface area contributed by atoms with Crippen LogP contribution in [0, 0.1) is 17.0 Å². The molecule has 0 saturated carbocycles. The molecule has 0 aliphatic rings. The van der Waals surface area contributed by atoms with Gasteiger partial charge in [-0.1, -0.05) is 0 Å². The van der Waals surface area contributed by atoms with E-state index in [1.165, 1.54) is 12.1 Å². The second kappa shape index (κ2) is 6.17.